The van der Waals surface area contributed by atoms with E-state index in [9.17, 15) is 13.9 Å². The molecule has 1 aromatic heterocycles. The van der Waals surface area contributed by atoms with E-state index < -0.39 is 24.5 Å². The first-order chi connectivity index (χ1) is 6.60. The third-order valence-electron chi connectivity index (χ3n) is 1.65. The predicted molar refractivity (Wildman–Crippen MR) is 43.3 cm³/mol. The standard InChI is InChI=1S/C8H9F2NO3/c1-14-8-6(13)4(3-12)2-5(11-8)7(9)10/h2,7,12-13H,3H2,1H3. The summed E-state index contributed by atoms with van der Waals surface area (Å²) < 4.78 is 29.1. The number of aromatic hydroxyl groups is 1. The molecule has 0 aliphatic carbocycles. The number of rotatable bonds is 3. The van der Waals surface area contributed by atoms with Crippen LogP contribution in [0.1, 0.15) is 17.7 Å². The van der Waals surface area contributed by atoms with Crippen molar-refractivity contribution in [3.63, 3.8) is 0 Å². The summed E-state index contributed by atoms with van der Waals surface area (Å²) in [4.78, 5) is 3.37. The van der Waals surface area contributed by atoms with E-state index in [1.165, 1.54) is 7.11 Å². The van der Waals surface area contributed by atoms with Crippen molar-refractivity contribution < 1.29 is 23.7 Å². The minimum atomic E-state index is -2.77. The van der Waals surface area contributed by atoms with Gasteiger partial charge in [0.25, 0.3) is 12.3 Å². The molecule has 0 aliphatic rings. The number of aliphatic hydroxyl groups excluding tert-OH is 1. The highest BCUT2D eigenvalue weighted by atomic mass is 19.3. The fourth-order valence-corrected chi connectivity index (χ4v) is 0.961. The average Bonchev–Trinajstić information content (AvgIpc) is 2.17. The lowest BCUT2D eigenvalue weighted by molar-refractivity contribution is 0.144. The van der Waals surface area contributed by atoms with E-state index >= 15 is 0 Å². The first kappa shape index (κ1) is 10.6. The highest BCUT2D eigenvalue weighted by molar-refractivity contribution is 5.41. The van der Waals surface area contributed by atoms with E-state index in [2.05, 4.69) is 9.72 Å². The summed E-state index contributed by atoms with van der Waals surface area (Å²) in [5.74, 6) is -0.730. The molecule has 0 spiro atoms. The van der Waals surface area contributed by atoms with Crippen LogP contribution < -0.4 is 4.74 Å². The molecule has 78 valence electrons. The maximum Gasteiger partial charge on any atom is 0.280 e. The highest BCUT2D eigenvalue weighted by Crippen LogP contribution is 2.31. The smallest absolute Gasteiger partial charge is 0.280 e. The molecule has 4 nitrogen and oxygen atoms in total. The molecule has 0 aromatic carbocycles. The summed E-state index contributed by atoms with van der Waals surface area (Å²) >= 11 is 0. The summed E-state index contributed by atoms with van der Waals surface area (Å²) in [6.45, 7) is -0.551. The molecule has 0 saturated heterocycles. The third-order valence-corrected chi connectivity index (χ3v) is 1.65. The van der Waals surface area contributed by atoms with Crippen LogP contribution >= 0.6 is 0 Å². The van der Waals surface area contributed by atoms with Crippen molar-refractivity contribution in [3.8, 4) is 11.6 Å². The van der Waals surface area contributed by atoms with E-state index in [0.717, 1.165) is 6.07 Å². The van der Waals surface area contributed by atoms with Gasteiger partial charge in [0.2, 0.25) is 0 Å². The van der Waals surface area contributed by atoms with Crippen molar-refractivity contribution in [1.29, 1.82) is 0 Å². The number of nitrogens with zero attached hydrogens (tertiary/aromatic N) is 1. The monoisotopic (exact) mass is 205 g/mol. The van der Waals surface area contributed by atoms with Crippen molar-refractivity contribution in [2.24, 2.45) is 0 Å². The molecule has 2 N–H and O–H groups in total. The maximum absolute atomic E-state index is 12.3. The zero-order valence-corrected chi connectivity index (χ0v) is 7.37. The second kappa shape index (κ2) is 4.19. The summed E-state index contributed by atoms with van der Waals surface area (Å²) in [6.07, 6.45) is -2.77. The van der Waals surface area contributed by atoms with Gasteiger partial charge in [0.05, 0.1) is 13.7 Å². The number of hydrogen-bond acceptors (Lipinski definition) is 4. The zero-order valence-electron chi connectivity index (χ0n) is 7.37. The first-order valence-electron chi connectivity index (χ1n) is 3.76. The summed E-state index contributed by atoms with van der Waals surface area (Å²) in [7, 11) is 1.19. The van der Waals surface area contributed by atoms with Gasteiger partial charge in [-0.3, -0.25) is 0 Å². The van der Waals surface area contributed by atoms with E-state index in [1.54, 1.807) is 0 Å². The molecular formula is C8H9F2NO3. The third kappa shape index (κ3) is 1.90. The first-order valence-corrected chi connectivity index (χ1v) is 3.76. The molecular weight excluding hydrogens is 196 g/mol. The quantitative estimate of drug-likeness (QED) is 0.778. The molecule has 0 radical (unpaired) electrons. The van der Waals surface area contributed by atoms with Crippen LogP contribution in [0.15, 0.2) is 6.07 Å². The lowest BCUT2D eigenvalue weighted by Gasteiger charge is -2.08. The van der Waals surface area contributed by atoms with E-state index in [0.29, 0.717) is 0 Å². The fraction of sp³-hybridized carbons (Fsp3) is 0.375. The summed E-state index contributed by atoms with van der Waals surface area (Å²) in [5.41, 5.74) is -0.573. The number of alkyl halides is 2. The van der Waals surface area contributed by atoms with Crippen LogP contribution in [0.3, 0.4) is 0 Å². The van der Waals surface area contributed by atoms with Crippen LogP contribution in [0.2, 0.25) is 0 Å². The second-order valence-electron chi connectivity index (χ2n) is 2.52. The van der Waals surface area contributed by atoms with Gasteiger partial charge in [0.15, 0.2) is 5.75 Å². The largest absolute Gasteiger partial charge is 0.503 e. The Morgan fingerprint density at radius 3 is 2.64 bits per heavy atom. The van der Waals surface area contributed by atoms with Crippen LogP contribution in [-0.4, -0.2) is 22.3 Å². The van der Waals surface area contributed by atoms with Gasteiger partial charge in [-0.25, -0.2) is 13.8 Å². The molecule has 1 aromatic rings. The minimum absolute atomic E-state index is 0.0350. The van der Waals surface area contributed by atoms with Crippen molar-refractivity contribution in [3.05, 3.63) is 17.3 Å². The lowest BCUT2D eigenvalue weighted by Crippen LogP contribution is -1.98. The van der Waals surface area contributed by atoms with Crippen molar-refractivity contribution in [2.75, 3.05) is 7.11 Å². The summed E-state index contributed by atoms with van der Waals surface area (Å²) in [5, 5.41) is 18.1. The molecule has 0 saturated carbocycles. The molecule has 0 atom stereocenters. The number of methoxy groups -OCH3 is 1. The number of hydrogen-bond donors (Lipinski definition) is 2. The topological polar surface area (TPSA) is 62.6 Å². The van der Waals surface area contributed by atoms with Crippen LogP contribution in [0.25, 0.3) is 0 Å². The number of halogens is 2. The molecule has 1 heterocycles. The summed E-state index contributed by atoms with van der Waals surface area (Å²) in [6, 6.07) is 0.933. The second-order valence-corrected chi connectivity index (χ2v) is 2.52. The van der Waals surface area contributed by atoms with Gasteiger partial charge < -0.3 is 14.9 Å². The van der Waals surface area contributed by atoms with Crippen LogP contribution in [0.5, 0.6) is 11.6 Å². The molecule has 0 fully saturated rings. The van der Waals surface area contributed by atoms with Crippen molar-refractivity contribution in [1.82, 2.24) is 4.98 Å². The molecule has 0 bridgehead atoms. The number of aromatic nitrogens is 1. The normalized spacial score (nSPS) is 10.6. The molecule has 0 aliphatic heterocycles. The minimum Gasteiger partial charge on any atom is -0.503 e. The maximum atomic E-state index is 12.3. The van der Waals surface area contributed by atoms with Crippen molar-refractivity contribution >= 4 is 0 Å². The predicted octanol–water partition coefficient (Wildman–Crippen LogP) is 1.23. The van der Waals surface area contributed by atoms with Gasteiger partial charge in [-0.15, -0.1) is 0 Å². The van der Waals surface area contributed by atoms with E-state index in [1.807, 2.05) is 0 Å². The molecule has 0 unspecified atom stereocenters. The Hall–Kier alpha value is -1.43. The van der Waals surface area contributed by atoms with E-state index in [-0.39, 0.29) is 11.4 Å². The Kier molecular flexibility index (Phi) is 3.19. The van der Waals surface area contributed by atoms with Gasteiger partial charge in [0, 0.05) is 5.56 Å². The molecule has 1 rings (SSSR count). The number of ether oxygens (including phenoxy) is 1. The van der Waals surface area contributed by atoms with Gasteiger partial charge in [-0.05, 0) is 6.07 Å². The fourth-order valence-electron chi connectivity index (χ4n) is 0.961. The Balaban J connectivity index is 3.25. The van der Waals surface area contributed by atoms with Crippen molar-refractivity contribution in [2.45, 2.75) is 13.0 Å². The number of pyridine rings is 1. The number of aliphatic hydroxyl groups is 1. The van der Waals surface area contributed by atoms with Gasteiger partial charge in [0.1, 0.15) is 5.69 Å². The van der Waals surface area contributed by atoms with Crippen LogP contribution in [0, 0.1) is 0 Å². The Morgan fingerprint density at radius 1 is 1.57 bits per heavy atom. The molecule has 0 amide bonds. The molecule has 14 heavy (non-hydrogen) atoms. The van der Waals surface area contributed by atoms with Gasteiger partial charge in [-0.2, -0.15) is 0 Å². The Labute approximate surface area is 78.8 Å². The van der Waals surface area contributed by atoms with Gasteiger partial charge >= 0.3 is 0 Å². The van der Waals surface area contributed by atoms with E-state index in [4.69, 9.17) is 5.11 Å². The molecule has 6 heteroatoms. The van der Waals surface area contributed by atoms with Gasteiger partial charge in [-0.1, -0.05) is 0 Å². The lowest BCUT2D eigenvalue weighted by atomic mass is 10.2. The SMILES string of the molecule is COc1nc(C(F)F)cc(CO)c1O. The zero-order chi connectivity index (χ0) is 10.7. The Morgan fingerprint density at radius 2 is 2.21 bits per heavy atom. The van der Waals surface area contributed by atoms with Crippen LogP contribution in [0.4, 0.5) is 8.78 Å². The Bertz CT molecular complexity index is 305. The van der Waals surface area contributed by atoms with Crippen LogP contribution in [-0.2, 0) is 6.61 Å². The average molecular weight is 205 g/mol. The highest BCUT2D eigenvalue weighted by Gasteiger charge is 2.16.